The molecule has 3 fully saturated rings. The van der Waals surface area contributed by atoms with Gasteiger partial charge in [0.2, 0.25) is 5.91 Å². The van der Waals surface area contributed by atoms with Gasteiger partial charge in [0.05, 0.1) is 23.5 Å². The lowest BCUT2D eigenvalue weighted by molar-refractivity contribution is -0.144. The van der Waals surface area contributed by atoms with E-state index < -0.39 is 0 Å². The van der Waals surface area contributed by atoms with Gasteiger partial charge in [-0.15, -0.1) is 0 Å². The molecule has 5 nitrogen and oxygen atoms in total. The van der Waals surface area contributed by atoms with Crippen LogP contribution in [0.15, 0.2) is 53.0 Å². The molecule has 6 heteroatoms. The summed E-state index contributed by atoms with van der Waals surface area (Å²) in [7, 11) is 0. The zero-order valence-corrected chi connectivity index (χ0v) is 24.1. The van der Waals surface area contributed by atoms with Gasteiger partial charge in [0.1, 0.15) is 5.82 Å². The third kappa shape index (κ3) is 5.58. The summed E-state index contributed by atoms with van der Waals surface area (Å²) in [6, 6.07) is 17.8. The van der Waals surface area contributed by atoms with Crippen molar-refractivity contribution in [2.24, 2.45) is 5.92 Å². The molecule has 2 aliphatic carbocycles. The standard InChI is InChI=1S/C32H41BrN4O/c33-25-17-19-28(20-18-25)37-30-16-8-7-15-29(30)34-31(37)23-35-21-9-10-24(22-35)32(38)36(26-11-3-1-4-12-26)27-13-5-2-6-14-27/h7-8,15-20,24,26-27H,1-6,9-14,21-23H2/t24-/m1/s1. The van der Waals surface area contributed by atoms with E-state index in [-0.39, 0.29) is 5.92 Å². The highest BCUT2D eigenvalue weighted by Gasteiger charge is 2.37. The van der Waals surface area contributed by atoms with Gasteiger partial charge in [-0.25, -0.2) is 4.98 Å². The molecule has 6 rings (SSSR count). The Morgan fingerprint density at radius 1 is 0.842 bits per heavy atom. The number of fused-ring (bicyclic) bond motifs is 1. The molecular formula is C32H41BrN4O. The largest absolute Gasteiger partial charge is 0.336 e. The van der Waals surface area contributed by atoms with Gasteiger partial charge in [0.25, 0.3) is 0 Å². The van der Waals surface area contributed by atoms with E-state index in [4.69, 9.17) is 4.98 Å². The summed E-state index contributed by atoms with van der Waals surface area (Å²) in [4.78, 5) is 24.2. The average molecular weight is 578 g/mol. The lowest BCUT2D eigenvalue weighted by Crippen LogP contribution is -2.53. The molecule has 38 heavy (non-hydrogen) atoms. The number of para-hydroxylation sites is 2. The highest BCUT2D eigenvalue weighted by atomic mass is 79.9. The average Bonchev–Trinajstić information content (AvgIpc) is 3.32. The topological polar surface area (TPSA) is 41.4 Å². The summed E-state index contributed by atoms with van der Waals surface area (Å²) in [6.07, 6.45) is 14.7. The number of aromatic nitrogens is 2. The first-order valence-electron chi connectivity index (χ1n) is 14.9. The van der Waals surface area contributed by atoms with E-state index in [0.717, 1.165) is 59.5 Å². The Morgan fingerprint density at radius 2 is 1.50 bits per heavy atom. The van der Waals surface area contributed by atoms with E-state index in [1.165, 1.54) is 64.2 Å². The number of likely N-dealkylation sites (tertiary alicyclic amines) is 1. The van der Waals surface area contributed by atoms with E-state index in [9.17, 15) is 4.79 Å². The Labute approximate surface area is 235 Å². The summed E-state index contributed by atoms with van der Waals surface area (Å²) in [6.45, 7) is 2.64. The highest BCUT2D eigenvalue weighted by molar-refractivity contribution is 9.10. The normalized spacial score (nSPS) is 22.1. The number of rotatable bonds is 6. The van der Waals surface area contributed by atoms with Crippen LogP contribution in [0, 0.1) is 5.92 Å². The summed E-state index contributed by atoms with van der Waals surface area (Å²) in [5, 5.41) is 0. The molecule has 3 aliphatic rings. The van der Waals surface area contributed by atoms with Gasteiger partial charge in [-0.05, 0) is 81.5 Å². The molecule has 0 bridgehead atoms. The number of nitrogens with zero attached hydrogens (tertiary/aromatic N) is 4. The molecule has 0 unspecified atom stereocenters. The van der Waals surface area contributed by atoms with Crippen LogP contribution in [0.2, 0.25) is 0 Å². The zero-order valence-electron chi connectivity index (χ0n) is 22.5. The van der Waals surface area contributed by atoms with Crippen LogP contribution in [0.5, 0.6) is 0 Å². The fourth-order valence-corrected chi connectivity index (χ4v) is 7.51. The number of amides is 1. The van der Waals surface area contributed by atoms with Gasteiger partial charge in [-0.3, -0.25) is 14.3 Å². The fraction of sp³-hybridized carbons (Fsp3) is 0.562. The van der Waals surface area contributed by atoms with Gasteiger partial charge >= 0.3 is 0 Å². The maximum atomic E-state index is 14.2. The van der Waals surface area contributed by atoms with Crippen molar-refractivity contribution in [1.82, 2.24) is 19.4 Å². The van der Waals surface area contributed by atoms with Gasteiger partial charge in [-0.1, -0.05) is 66.6 Å². The highest BCUT2D eigenvalue weighted by Crippen LogP contribution is 2.33. The number of hydrogen-bond acceptors (Lipinski definition) is 3. The van der Waals surface area contributed by atoms with Gasteiger partial charge in [0, 0.05) is 28.8 Å². The van der Waals surface area contributed by atoms with Crippen LogP contribution in [-0.2, 0) is 11.3 Å². The Kier molecular flexibility index (Phi) is 8.17. The van der Waals surface area contributed by atoms with Crippen molar-refractivity contribution in [1.29, 1.82) is 0 Å². The van der Waals surface area contributed by atoms with E-state index in [0.29, 0.717) is 18.0 Å². The lowest BCUT2D eigenvalue weighted by Gasteiger charge is -2.44. The molecule has 1 amide bonds. The second-order valence-corrected chi connectivity index (χ2v) is 12.6. The molecule has 2 saturated carbocycles. The van der Waals surface area contributed by atoms with Crippen LogP contribution in [0.1, 0.15) is 82.9 Å². The molecule has 3 aromatic rings. The monoisotopic (exact) mass is 576 g/mol. The van der Waals surface area contributed by atoms with Gasteiger partial charge in [-0.2, -0.15) is 0 Å². The zero-order chi connectivity index (χ0) is 25.9. The predicted molar refractivity (Wildman–Crippen MR) is 157 cm³/mol. The molecule has 1 aliphatic heterocycles. The van der Waals surface area contributed by atoms with E-state index in [1.54, 1.807) is 0 Å². The molecule has 0 radical (unpaired) electrons. The Hall–Kier alpha value is -2.18. The summed E-state index contributed by atoms with van der Waals surface area (Å²) >= 11 is 3.58. The van der Waals surface area contributed by atoms with Crippen molar-refractivity contribution in [3.05, 3.63) is 58.8 Å². The van der Waals surface area contributed by atoms with Crippen molar-refractivity contribution in [2.75, 3.05) is 13.1 Å². The molecule has 1 aromatic heterocycles. The number of benzene rings is 2. The third-order valence-electron chi connectivity index (χ3n) is 9.13. The molecule has 202 valence electrons. The fourth-order valence-electron chi connectivity index (χ4n) is 7.25. The second kappa shape index (κ2) is 11.9. The third-order valence-corrected chi connectivity index (χ3v) is 9.65. The molecule has 1 saturated heterocycles. The van der Waals surface area contributed by atoms with E-state index in [2.05, 4.69) is 78.8 Å². The lowest BCUT2D eigenvalue weighted by atomic mass is 9.86. The minimum atomic E-state index is 0.109. The first kappa shape index (κ1) is 26.1. The Balaban J connectivity index is 1.23. The summed E-state index contributed by atoms with van der Waals surface area (Å²) < 4.78 is 3.37. The number of imidazole rings is 1. The van der Waals surface area contributed by atoms with Crippen LogP contribution in [0.25, 0.3) is 16.7 Å². The minimum Gasteiger partial charge on any atom is -0.336 e. The second-order valence-electron chi connectivity index (χ2n) is 11.7. The number of piperidine rings is 1. The number of carbonyl (C=O) groups excluding carboxylic acids is 1. The van der Waals surface area contributed by atoms with Gasteiger partial charge in [0.15, 0.2) is 0 Å². The maximum absolute atomic E-state index is 14.2. The number of hydrogen-bond donors (Lipinski definition) is 0. The van der Waals surface area contributed by atoms with Crippen LogP contribution in [0.3, 0.4) is 0 Å². The van der Waals surface area contributed by atoms with Crippen molar-refractivity contribution in [3.8, 4) is 5.69 Å². The van der Waals surface area contributed by atoms with Crippen molar-refractivity contribution in [2.45, 2.75) is 95.7 Å². The van der Waals surface area contributed by atoms with Gasteiger partial charge < -0.3 is 4.90 Å². The Bertz CT molecular complexity index is 1210. The molecule has 2 aromatic carbocycles. The molecule has 0 N–H and O–H groups in total. The van der Waals surface area contributed by atoms with Crippen LogP contribution in [-0.4, -0.2) is 50.4 Å². The minimum absolute atomic E-state index is 0.109. The molecule has 1 atom stereocenters. The Morgan fingerprint density at radius 3 is 2.18 bits per heavy atom. The van der Waals surface area contributed by atoms with Crippen LogP contribution >= 0.6 is 15.9 Å². The predicted octanol–water partition coefficient (Wildman–Crippen LogP) is 7.49. The SMILES string of the molecule is O=C([C@@H]1CCCN(Cc2nc3ccccc3n2-c2ccc(Br)cc2)C1)N(C1CCCCC1)C1CCCCC1. The van der Waals surface area contributed by atoms with E-state index >= 15 is 0 Å². The van der Waals surface area contributed by atoms with Crippen molar-refractivity contribution < 1.29 is 4.79 Å². The molecule has 2 heterocycles. The first-order valence-corrected chi connectivity index (χ1v) is 15.7. The smallest absolute Gasteiger partial charge is 0.227 e. The molecule has 0 spiro atoms. The van der Waals surface area contributed by atoms with Crippen molar-refractivity contribution >= 4 is 32.9 Å². The first-order chi connectivity index (χ1) is 18.7. The maximum Gasteiger partial charge on any atom is 0.227 e. The van der Waals surface area contributed by atoms with Crippen LogP contribution < -0.4 is 0 Å². The summed E-state index contributed by atoms with van der Waals surface area (Å²) in [5.41, 5.74) is 3.29. The number of carbonyl (C=O) groups is 1. The van der Waals surface area contributed by atoms with Crippen LogP contribution in [0.4, 0.5) is 0 Å². The molecular weight excluding hydrogens is 536 g/mol. The van der Waals surface area contributed by atoms with E-state index in [1.807, 2.05) is 0 Å². The summed E-state index contributed by atoms with van der Waals surface area (Å²) in [5.74, 6) is 1.62. The number of halogens is 1. The quantitative estimate of drug-likeness (QED) is 0.305. The van der Waals surface area contributed by atoms with Crippen molar-refractivity contribution in [3.63, 3.8) is 0 Å².